The smallest absolute Gasteiger partial charge is 0.339 e. The third-order valence-electron chi connectivity index (χ3n) is 3.31. The molecule has 0 spiro atoms. The highest BCUT2D eigenvalue weighted by atomic mass is 16.4. The number of hydrogen-bond donors (Lipinski definition) is 1. The van der Waals surface area contributed by atoms with E-state index in [1.54, 1.807) is 18.2 Å². The number of fused-ring (bicyclic) bond motifs is 3. The number of phenolic OH excluding ortho intramolecular Hbond substituents is 1. The van der Waals surface area contributed by atoms with E-state index in [-0.39, 0.29) is 11.4 Å². The Morgan fingerprint density at radius 1 is 1.11 bits per heavy atom. The fraction of sp³-hybridized carbons (Fsp3) is 0.188. The van der Waals surface area contributed by atoms with E-state index >= 15 is 0 Å². The summed E-state index contributed by atoms with van der Waals surface area (Å²) in [5.41, 5.74) is 0.975. The van der Waals surface area contributed by atoms with Crippen molar-refractivity contribution in [3.63, 3.8) is 0 Å². The van der Waals surface area contributed by atoms with Gasteiger partial charge in [0.2, 0.25) is 0 Å². The Labute approximate surface area is 110 Å². The number of phenols is 1. The molecule has 0 atom stereocenters. The first kappa shape index (κ1) is 11.8. The van der Waals surface area contributed by atoms with Gasteiger partial charge in [-0.2, -0.15) is 0 Å². The first-order valence-corrected chi connectivity index (χ1v) is 6.37. The van der Waals surface area contributed by atoms with Crippen LogP contribution in [0.3, 0.4) is 0 Å². The SMILES string of the molecule is CCCc1cc2c(ccc3ccc(O)cc32)oc1=O. The zero-order valence-electron chi connectivity index (χ0n) is 10.6. The molecule has 2 aromatic carbocycles. The van der Waals surface area contributed by atoms with Crippen molar-refractivity contribution in [2.24, 2.45) is 0 Å². The molecule has 0 aliphatic rings. The second kappa shape index (κ2) is 4.43. The highest BCUT2D eigenvalue weighted by Gasteiger charge is 2.08. The first-order valence-electron chi connectivity index (χ1n) is 6.37. The molecule has 0 fully saturated rings. The molecule has 0 bridgehead atoms. The minimum atomic E-state index is -0.270. The fourth-order valence-corrected chi connectivity index (χ4v) is 2.39. The van der Waals surface area contributed by atoms with Gasteiger partial charge in [0, 0.05) is 10.9 Å². The van der Waals surface area contributed by atoms with Crippen molar-refractivity contribution in [1.82, 2.24) is 0 Å². The normalized spacial score (nSPS) is 11.2. The van der Waals surface area contributed by atoms with E-state index in [0.717, 1.165) is 22.6 Å². The van der Waals surface area contributed by atoms with Crippen LogP contribution in [0.2, 0.25) is 0 Å². The molecule has 3 aromatic rings. The molecule has 0 saturated heterocycles. The lowest BCUT2D eigenvalue weighted by molar-refractivity contribution is 0.476. The monoisotopic (exact) mass is 254 g/mol. The maximum atomic E-state index is 11.8. The van der Waals surface area contributed by atoms with Gasteiger partial charge in [0.15, 0.2) is 0 Å². The van der Waals surface area contributed by atoms with Crippen molar-refractivity contribution in [2.75, 3.05) is 0 Å². The van der Waals surface area contributed by atoms with Crippen molar-refractivity contribution < 1.29 is 9.52 Å². The van der Waals surface area contributed by atoms with Gasteiger partial charge in [0.25, 0.3) is 0 Å². The van der Waals surface area contributed by atoms with Crippen LogP contribution in [0.1, 0.15) is 18.9 Å². The molecule has 1 N–H and O–H groups in total. The molecule has 3 nitrogen and oxygen atoms in total. The number of benzene rings is 2. The standard InChI is InChI=1S/C16H14O3/c1-2-3-11-8-14-13-9-12(17)6-4-10(13)5-7-15(14)19-16(11)18/h4-9,17H,2-3H2,1H3. The molecule has 3 rings (SSSR count). The van der Waals surface area contributed by atoms with E-state index in [1.807, 2.05) is 25.1 Å². The molecule has 1 heterocycles. The average Bonchev–Trinajstić information content (AvgIpc) is 2.40. The highest BCUT2D eigenvalue weighted by Crippen LogP contribution is 2.28. The van der Waals surface area contributed by atoms with Crippen molar-refractivity contribution in [1.29, 1.82) is 0 Å². The fourth-order valence-electron chi connectivity index (χ4n) is 2.39. The molecule has 1 aromatic heterocycles. The van der Waals surface area contributed by atoms with Crippen molar-refractivity contribution in [3.05, 3.63) is 52.4 Å². The summed E-state index contributed by atoms with van der Waals surface area (Å²) in [5.74, 6) is 0.211. The second-order valence-corrected chi connectivity index (χ2v) is 4.69. The van der Waals surface area contributed by atoms with E-state index < -0.39 is 0 Å². The Morgan fingerprint density at radius 2 is 1.89 bits per heavy atom. The van der Waals surface area contributed by atoms with Gasteiger partial charge in [-0.15, -0.1) is 0 Å². The van der Waals surface area contributed by atoms with Crippen LogP contribution in [0.5, 0.6) is 5.75 Å². The van der Waals surface area contributed by atoms with Crippen LogP contribution in [0, 0.1) is 0 Å². The van der Waals surface area contributed by atoms with Gasteiger partial charge in [0.1, 0.15) is 11.3 Å². The number of aromatic hydroxyl groups is 1. The zero-order valence-corrected chi connectivity index (χ0v) is 10.6. The van der Waals surface area contributed by atoms with E-state index in [0.29, 0.717) is 17.6 Å². The number of rotatable bonds is 2. The van der Waals surface area contributed by atoms with Gasteiger partial charge >= 0.3 is 5.63 Å². The molecule has 0 amide bonds. The lowest BCUT2D eigenvalue weighted by Gasteiger charge is -2.05. The maximum absolute atomic E-state index is 11.8. The van der Waals surface area contributed by atoms with E-state index in [9.17, 15) is 9.90 Å². The van der Waals surface area contributed by atoms with E-state index in [1.165, 1.54) is 0 Å². The lowest BCUT2D eigenvalue weighted by atomic mass is 10.0. The predicted octanol–water partition coefficient (Wildman–Crippen LogP) is 3.60. The topological polar surface area (TPSA) is 50.4 Å². The van der Waals surface area contributed by atoms with Gasteiger partial charge < -0.3 is 9.52 Å². The molecule has 19 heavy (non-hydrogen) atoms. The molecule has 0 unspecified atom stereocenters. The molecule has 0 saturated carbocycles. The minimum Gasteiger partial charge on any atom is -0.508 e. The molecule has 0 radical (unpaired) electrons. The average molecular weight is 254 g/mol. The summed E-state index contributed by atoms with van der Waals surface area (Å²) >= 11 is 0. The Bertz CT molecular complexity index is 815. The Morgan fingerprint density at radius 3 is 2.68 bits per heavy atom. The Hall–Kier alpha value is -2.29. The van der Waals surface area contributed by atoms with Gasteiger partial charge in [-0.1, -0.05) is 25.5 Å². The van der Waals surface area contributed by atoms with Crippen molar-refractivity contribution in [3.8, 4) is 5.75 Å². The van der Waals surface area contributed by atoms with Crippen LogP contribution in [0.15, 0.2) is 45.6 Å². The quantitative estimate of drug-likeness (QED) is 0.561. The van der Waals surface area contributed by atoms with Crippen molar-refractivity contribution in [2.45, 2.75) is 19.8 Å². The molecule has 0 aliphatic heterocycles. The Balaban J connectivity index is 2.42. The van der Waals surface area contributed by atoms with Gasteiger partial charge in [0.05, 0.1) is 0 Å². The summed E-state index contributed by atoms with van der Waals surface area (Å²) in [5, 5.41) is 12.4. The summed E-state index contributed by atoms with van der Waals surface area (Å²) in [4.78, 5) is 11.8. The summed E-state index contributed by atoms with van der Waals surface area (Å²) < 4.78 is 5.36. The van der Waals surface area contributed by atoms with Gasteiger partial charge in [-0.05, 0) is 41.5 Å². The van der Waals surface area contributed by atoms with Crippen LogP contribution in [-0.4, -0.2) is 5.11 Å². The van der Waals surface area contributed by atoms with E-state index in [2.05, 4.69) is 0 Å². The summed E-state index contributed by atoms with van der Waals surface area (Å²) in [6.07, 6.45) is 1.60. The lowest BCUT2D eigenvalue weighted by Crippen LogP contribution is -2.06. The van der Waals surface area contributed by atoms with Gasteiger partial charge in [-0.3, -0.25) is 0 Å². The van der Waals surface area contributed by atoms with Crippen LogP contribution in [-0.2, 0) is 6.42 Å². The van der Waals surface area contributed by atoms with E-state index in [4.69, 9.17) is 4.42 Å². The van der Waals surface area contributed by atoms with Crippen LogP contribution in [0.25, 0.3) is 21.7 Å². The summed E-state index contributed by atoms with van der Waals surface area (Å²) in [7, 11) is 0. The molecular formula is C16H14O3. The number of hydrogen-bond acceptors (Lipinski definition) is 3. The molecule has 3 heteroatoms. The van der Waals surface area contributed by atoms with Crippen LogP contribution < -0.4 is 5.63 Å². The third-order valence-corrected chi connectivity index (χ3v) is 3.31. The first-order chi connectivity index (χ1) is 9.19. The maximum Gasteiger partial charge on any atom is 0.339 e. The minimum absolute atomic E-state index is 0.211. The summed E-state index contributed by atoms with van der Waals surface area (Å²) in [6.45, 7) is 2.03. The molecule has 96 valence electrons. The van der Waals surface area contributed by atoms with Crippen LogP contribution in [0.4, 0.5) is 0 Å². The largest absolute Gasteiger partial charge is 0.508 e. The van der Waals surface area contributed by atoms with Gasteiger partial charge in [-0.25, -0.2) is 4.79 Å². The highest BCUT2D eigenvalue weighted by molar-refractivity contribution is 6.06. The Kier molecular flexibility index (Phi) is 2.75. The molecule has 0 aliphatic carbocycles. The molecular weight excluding hydrogens is 240 g/mol. The predicted molar refractivity (Wildman–Crippen MR) is 75.6 cm³/mol. The summed E-state index contributed by atoms with van der Waals surface area (Å²) in [6, 6.07) is 10.8. The van der Waals surface area contributed by atoms with Crippen molar-refractivity contribution >= 4 is 21.7 Å². The number of aryl methyl sites for hydroxylation is 1. The third kappa shape index (κ3) is 1.97. The van der Waals surface area contributed by atoms with Crippen LogP contribution >= 0.6 is 0 Å². The zero-order chi connectivity index (χ0) is 13.4. The second-order valence-electron chi connectivity index (χ2n) is 4.69.